The number of carbonyl (C=O) groups excluding carboxylic acids is 1. The Kier molecular flexibility index (Phi) is 4.45. The lowest BCUT2D eigenvalue weighted by Gasteiger charge is -2.19. The van der Waals surface area contributed by atoms with Crippen LogP contribution in [0.2, 0.25) is 0 Å². The Balaban J connectivity index is 1.57. The summed E-state index contributed by atoms with van der Waals surface area (Å²) in [6.07, 6.45) is 3.64. The van der Waals surface area contributed by atoms with Gasteiger partial charge < -0.3 is 18.9 Å². The molecule has 1 aliphatic heterocycles. The van der Waals surface area contributed by atoms with Gasteiger partial charge in [-0.1, -0.05) is 5.16 Å². The summed E-state index contributed by atoms with van der Waals surface area (Å²) >= 11 is 0. The highest BCUT2D eigenvalue weighted by atomic mass is 16.5. The number of anilines is 1. The van der Waals surface area contributed by atoms with Gasteiger partial charge in [0.2, 0.25) is 5.91 Å². The van der Waals surface area contributed by atoms with Crippen molar-refractivity contribution in [1.29, 1.82) is 0 Å². The van der Waals surface area contributed by atoms with Gasteiger partial charge in [-0.25, -0.2) is 0 Å². The number of amides is 1. The number of aromatic nitrogens is 3. The highest BCUT2D eigenvalue weighted by Gasteiger charge is 2.36. The topological polar surface area (TPSA) is 90.6 Å². The molecular formula is C19H18N4O4. The third-order valence-electron chi connectivity index (χ3n) is 4.54. The Morgan fingerprint density at radius 2 is 1.96 bits per heavy atom. The number of nitrogens with zero attached hydrogens (tertiary/aromatic N) is 4. The lowest BCUT2D eigenvalue weighted by atomic mass is 10.1. The Morgan fingerprint density at radius 1 is 1.15 bits per heavy atom. The summed E-state index contributed by atoms with van der Waals surface area (Å²) in [5.41, 5.74) is 1.49. The van der Waals surface area contributed by atoms with Crippen LogP contribution in [0.3, 0.4) is 0 Å². The van der Waals surface area contributed by atoms with Gasteiger partial charge in [-0.3, -0.25) is 9.78 Å². The fraction of sp³-hybridized carbons (Fsp3) is 0.263. The molecule has 4 rings (SSSR count). The highest BCUT2D eigenvalue weighted by molar-refractivity contribution is 5.97. The number of pyridine rings is 1. The Hall–Kier alpha value is -3.42. The lowest BCUT2D eigenvalue weighted by Crippen LogP contribution is -2.24. The summed E-state index contributed by atoms with van der Waals surface area (Å²) in [5.74, 6) is 2.01. The number of hydrogen-bond acceptors (Lipinski definition) is 7. The van der Waals surface area contributed by atoms with Crippen molar-refractivity contribution in [3.63, 3.8) is 0 Å². The maximum absolute atomic E-state index is 12.6. The molecule has 1 atom stereocenters. The van der Waals surface area contributed by atoms with Crippen molar-refractivity contribution in [2.45, 2.75) is 12.3 Å². The van der Waals surface area contributed by atoms with E-state index >= 15 is 0 Å². The standard InChI is InChI=1S/C19H18N4O4/c1-25-14-3-4-15(16(10-14)26-2)23-11-13(9-17(23)24)18-21-19(27-22-18)12-5-7-20-8-6-12/h3-8,10,13H,9,11H2,1-2H3. The van der Waals surface area contributed by atoms with Crippen molar-refractivity contribution in [3.05, 3.63) is 48.5 Å². The fourth-order valence-corrected chi connectivity index (χ4v) is 3.13. The average molecular weight is 366 g/mol. The zero-order chi connectivity index (χ0) is 18.8. The van der Waals surface area contributed by atoms with Gasteiger partial charge in [-0.15, -0.1) is 0 Å². The first-order valence-corrected chi connectivity index (χ1v) is 8.46. The van der Waals surface area contributed by atoms with E-state index in [4.69, 9.17) is 14.0 Å². The predicted molar refractivity (Wildman–Crippen MR) is 96.8 cm³/mol. The molecule has 1 unspecified atom stereocenters. The van der Waals surface area contributed by atoms with Crippen molar-refractivity contribution in [1.82, 2.24) is 15.1 Å². The summed E-state index contributed by atoms with van der Waals surface area (Å²) in [6.45, 7) is 0.455. The van der Waals surface area contributed by atoms with Gasteiger partial charge >= 0.3 is 0 Å². The normalized spacial score (nSPS) is 16.6. The fourth-order valence-electron chi connectivity index (χ4n) is 3.13. The van der Waals surface area contributed by atoms with Crippen LogP contribution in [0.4, 0.5) is 5.69 Å². The molecule has 1 aliphatic rings. The smallest absolute Gasteiger partial charge is 0.258 e. The molecule has 0 spiro atoms. The van der Waals surface area contributed by atoms with Crippen LogP contribution < -0.4 is 14.4 Å². The van der Waals surface area contributed by atoms with E-state index in [1.807, 2.05) is 6.07 Å². The number of hydrogen-bond donors (Lipinski definition) is 0. The third-order valence-corrected chi connectivity index (χ3v) is 4.54. The molecule has 3 aromatic rings. The van der Waals surface area contributed by atoms with E-state index in [1.54, 1.807) is 55.8 Å². The molecule has 2 aromatic heterocycles. The number of ether oxygens (including phenoxy) is 2. The lowest BCUT2D eigenvalue weighted by molar-refractivity contribution is -0.117. The molecule has 0 radical (unpaired) electrons. The monoisotopic (exact) mass is 366 g/mol. The molecule has 138 valence electrons. The molecule has 1 fully saturated rings. The Bertz CT molecular complexity index is 957. The highest BCUT2D eigenvalue weighted by Crippen LogP contribution is 2.38. The van der Waals surface area contributed by atoms with Gasteiger partial charge in [-0.2, -0.15) is 4.98 Å². The van der Waals surface area contributed by atoms with Crippen LogP contribution in [-0.2, 0) is 4.79 Å². The quantitative estimate of drug-likeness (QED) is 0.685. The second kappa shape index (κ2) is 7.06. The molecule has 3 heterocycles. The molecule has 0 bridgehead atoms. The van der Waals surface area contributed by atoms with Crippen LogP contribution in [0, 0.1) is 0 Å². The van der Waals surface area contributed by atoms with E-state index in [0.717, 1.165) is 5.56 Å². The van der Waals surface area contributed by atoms with Crippen LogP contribution >= 0.6 is 0 Å². The van der Waals surface area contributed by atoms with E-state index in [-0.39, 0.29) is 11.8 Å². The molecule has 8 nitrogen and oxygen atoms in total. The minimum Gasteiger partial charge on any atom is -0.497 e. The van der Waals surface area contributed by atoms with Crippen molar-refractivity contribution < 1.29 is 18.8 Å². The van der Waals surface area contributed by atoms with Crippen LogP contribution in [-0.4, -0.2) is 41.8 Å². The average Bonchev–Trinajstić information content (AvgIpc) is 3.35. The van der Waals surface area contributed by atoms with Gasteiger partial charge in [0.25, 0.3) is 5.89 Å². The van der Waals surface area contributed by atoms with Gasteiger partial charge in [0, 0.05) is 42.9 Å². The maximum Gasteiger partial charge on any atom is 0.258 e. The minimum absolute atomic E-state index is 0.0151. The zero-order valence-corrected chi connectivity index (χ0v) is 15.0. The summed E-state index contributed by atoms with van der Waals surface area (Å²) in [5, 5.41) is 4.07. The van der Waals surface area contributed by atoms with Crippen molar-refractivity contribution >= 4 is 11.6 Å². The molecular weight excluding hydrogens is 348 g/mol. The Labute approximate surface area is 155 Å². The number of benzene rings is 1. The summed E-state index contributed by atoms with van der Waals surface area (Å²) in [7, 11) is 3.15. The molecule has 0 aliphatic carbocycles. The van der Waals surface area contributed by atoms with E-state index in [0.29, 0.717) is 41.9 Å². The van der Waals surface area contributed by atoms with E-state index < -0.39 is 0 Å². The molecule has 1 amide bonds. The summed E-state index contributed by atoms with van der Waals surface area (Å²) in [6, 6.07) is 8.97. The van der Waals surface area contributed by atoms with Crippen LogP contribution in [0.25, 0.3) is 11.5 Å². The van der Waals surface area contributed by atoms with Crippen molar-refractivity contribution in [3.8, 4) is 23.0 Å². The van der Waals surface area contributed by atoms with Gasteiger partial charge in [0.05, 0.1) is 19.9 Å². The second-order valence-electron chi connectivity index (χ2n) is 6.14. The van der Waals surface area contributed by atoms with E-state index in [2.05, 4.69) is 15.1 Å². The van der Waals surface area contributed by atoms with Gasteiger partial charge in [0.15, 0.2) is 5.82 Å². The number of methoxy groups -OCH3 is 2. The Morgan fingerprint density at radius 3 is 2.70 bits per heavy atom. The molecule has 1 aromatic carbocycles. The molecule has 0 saturated carbocycles. The SMILES string of the molecule is COc1ccc(N2CC(c3noc(-c4ccncc4)n3)CC2=O)c(OC)c1. The molecule has 0 N–H and O–H groups in total. The molecule has 1 saturated heterocycles. The minimum atomic E-state index is -0.149. The van der Waals surface area contributed by atoms with Crippen LogP contribution in [0.15, 0.2) is 47.2 Å². The summed E-state index contributed by atoms with van der Waals surface area (Å²) in [4.78, 5) is 22.7. The maximum atomic E-state index is 12.6. The first-order valence-electron chi connectivity index (χ1n) is 8.46. The van der Waals surface area contributed by atoms with E-state index in [9.17, 15) is 4.79 Å². The van der Waals surface area contributed by atoms with E-state index in [1.165, 1.54) is 0 Å². The van der Waals surface area contributed by atoms with Crippen molar-refractivity contribution in [2.75, 3.05) is 25.7 Å². The zero-order valence-electron chi connectivity index (χ0n) is 15.0. The van der Waals surface area contributed by atoms with Gasteiger partial charge in [-0.05, 0) is 24.3 Å². The third kappa shape index (κ3) is 3.21. The van der Waals surface area contributed by atoms with Crippen LogP contribution in [0.1, 0.15) is 18.2 Å². The second-order valence-corrected chi connectivity index (χ2v) is 6.14. The first kappa shape index (κ1) is 17.0. The van der Waals surface area contributed by atoms with Crippen molar-refractivity contribution in [2.24, 2.45) is 0 Å². The molecule has 27 heavy (non-hydrogen) atoms. The van der Waals surface area contributed by atoms with Crippen LogP contribution in [0.5, 0.6) is 11.5 Å². The summed E-state index contributed by atoms with van der Waals surface area (Å²) < 4.78 is 16.0. The molecule has 8 heteroatoms. The predicted octanol–water partition coefficient (Wildman–Crippen LogP) is 2.67. The first-order chi connectivity index (χ1) is 13.2. The number of rotatable bonds is 5. The largest absolute Gasteiger partial charge is 0.497 e. The number of carbonyl (C=O) groups is 1. The van der Waals surface area contributed by atoms with Gasteiger partial charge in [0.1, 0.15) is 11.5 Å².